The normalized spacial score (nSPS) is 10.3. The molecule has 0 aromatic heterocycles. The van der Waals surface area contributed by atoms with Crippen LogP contribution in [-0.2, 0) is 0 Å². The molecule has 4 N–H and O–H groups in total. The molecule has 0 aliphatic rings. The number of thiocarbonyl (C=S) groups is 1. The molecule has 2 rings (SSSR count). The zero-order valence-electron chi connectivity index (χ0n) is 10.1. The molecule has 5 heteroatoms. The topological polar surface area (TPSA) is 58.3 Å². The van der Waals surface area contributed by atoms with Crippen LogP contribution in [0, 0.1) is 0 Å². The van der Waals surface area contributed by atoms with E-state index in [1.807, 2.05) is 36.4 Å². The number of hydrogen-bond acceptors (Lipinski definition) is 2. The van der Waals surface area contributed by atoms with Crippen molar-refractivity contribution >= 4 is 29.2 Å². The van der Waals surface area contributed by atoms with Crippen LogP contribution in [0.2, 0.25) is 0 Å². The minimum absolute atomic E-state index is 0.223. The van der Waals surface area contributed by atoms with Crippen LogP contribution in [0.25, 0.3) is 0 Å². The van der Waals surface area contributed by atoms with Gasteiger partial charge in [-0.1, -0.05) is 24.3 Å². The molecule has 2 aromatic carbocycles. The van der Waals surface area contributed by atoms with E-state index in [-0.39, 0.29) is 5.75 Å². The van der Waals surface area contributed by atoms with Crippen LogP contribution in [0.15, 0.2) is 54.6 Å². The van der Waals surface area contributed by atoms with E-state index in [4.69, 9.17) is 12.2 Å². The predicted octanol–water partition coefficient (Wildman–Crippen LogP) is 0.793. The summed E-state index contributed by atoms with van der Waals surface area (Å²) in [5.74, 6) is 0.223. The van der Waals surface area contributed by atoms with Gasteiger partial charge < -0.3 is 10.4 Å². The van der Waals surface area contributed by atoms with Gasteiger partial charge in [-0.25, -0.2) is 0 Å². The van der Waals surface area contributed by atoms with Crippen molar-refractivity contribution in [1.82, 2.24) is 5.43 Å². The standard InChI is InChI=1S/C14H13N3OS/c18-13-8-4-5-11(9-13)10-15-17-14(19)16-12-6-2-1-3-7-12/h1-10,18H,(H2,16,17,19)/p+1. The van der Waals surface area contributed by atoms with Gasteiger partial charge in [0.2, 0.25) is 5.11 Å². The van der Waals surface area contributed by atoms with Crippen molar-refractivity contribution in [3.63, 3.8) is 0 Å². The van der Waals surface area contributed by atoms with Gasteiger partial charge in [0.05, 0.1) is 0 Å². The monoisotopic (exact) mass is 272 g/mol. The lowest BCUT2D eigenvalue weighted by Crippen LogP contribution is -2.82. The fourth-order valence-electron chi connectivity index (χ4n) is 1.48. The Morgan fingerprint density at radius 1 is 1.11 bits per heavy atom. The molecule has 0 amide bonds. The van der Waals surface area contributed by atoms with E-state index in [0.717, 1.165) is 11.3 Å². The summed E-state index contributed by atoms with van der Waals surface area (Å²) in [6, 6.07) is 16.5. The smallest absolute Gasteiger partial charge is 0.228 e. The Balaban J connectivity index is 1.87. The van der Waals surface area contributed by atoms with E-state index in [0.29, 0.717) is 5.11 Å². The van der Waals surface area contributed by atoms with Gasteiger partial charge in [-0.3, -0.25) is 0 Å². The molecule has 0 saturated heterocycles. The Morgan fingerprint density at radius 3 is 2.63 bits per heavy atom. The summed E-state index contributed by atoms with van der Waals surface area (Å²) in [4.78, 5) is 0. The maximum absolute atomic E-state index is 9.31. The maximum atomic E-state index is 9.31. The van der Waals surface area contributed by atoms with Crippen molar-refractivity contribution in [2.24, 2.45) is 0 Å². The van der Waals surface area contributed by atoms with Gasteiger partial charge in [0.25, 0.3) is 0 Å². The first-order valence-corrected chi connectivity index (χ1v) is 6.15. The van der Waals surface area contributed by atoms with Gasteiger partial charge in [-0.15, -0.1) is 10.5 Å². The van der Waals surface area contributed by atoms with Crippen LogP contribution in [0.3, 0.4) is 0 Å². The highest BCUT2D eigenvalue weighted by molar-refractivity contribution is 7.80. The quantitative estimate of drug-likeness (QED) is 0.379. The second kappa shape index (κ2) is 6.51. The average molecular weight is 272 g/mol. The fourth-order valence-corrected chi connectivity index (χ4v) is 1.66. The van der Waals surface area contributed by atoms with Crippen molar-refractivity contribution in [1.29, 1.82) is 0 Å². The number of hydrogen-bond donors (Lipinski definition) is 4. The zero-order chi connectivity index (χ0) is 13.5. The van der Waals surface area contributed by atoms with Crippen LogP contribution in [0.5, 0.6) is 5.75 Å². The molecule has 0 spiro atoms. The molecule has 0 atom stereocenters. The number of hydrazone groups is 1. The highest BCUT2D eigenvalue weighted by Crippen LogP contribution is 2.07. The molecule has 2 aromatic rings. The van der Waals surface area contributed by atoms with E-state index >= 15 is 0 Å². The van der Waals surface area contributed by atoms with Gasteiger partial charge in [0.1, 0.15) is 5.75 Å². The summed E-state index contributed by atoms with van der Waals surface area (Å²) in [5, 5.41) is 15.7. The van der Waals surface area contributed by atoms with Crippen molar-refractivity contribution in [3.05, 3.63) is 60.2 Å². The van der Waals surface area contributed by atoms with Crippen molar-refractivity contribution < 1.29 is 10.2 Å². The van der Waals surface area contributed by atoms with Gasteiger partial charge in [-0.05, 0) is 42.5 Å². The van der Waals surface area contributed by atoms with Gasteiger partial charge >= 0.3 is 0 Å². The van der Waals surface area contributed by atoms with Crippen LogP contribution in [-0.4, -0.2) is 16.4 Å². The van der Waals surface area contributed by atoms with Crippen LogP contribution in [0.4, 0.5) is 5.69 Å². The second-order valence-corrected chi connectivity index (χ2v) is 4.24. The first kappa shape index (κ1) is 13.0. The van der Waals surface area contributed by atoms with Crippen molar-refractivity contribution in [3.8, 4) is 5.75 Å². The first-order valence-electron chi connectivity index (χ1n) is 5.74. The molecule has 0 aliphatic heterocycles. The van der Waals surface area contributed by atoms with E-state index < -0.39 is 0 Å². The second-order valence-electron chi connectivity index (χ2n) is 3.83. The summed E-state index contributed by atoms with van der Waals surface area (Å²) < 4.78 is 0. The predicted molar refractivity (Wildman–Crippen MR) is 80.0 cm³/mol. The Hall–Kier alpha value is -2.40. The van der Waals surface area contributed by atoms with E-state index in [2.05, 4.69) is 15.8 Å². The number of phenols is 1. The van der Waals surface area contributed by atoms with Crippen molar-refractivity contribution in [2.75, 3.05) is 5.32 Å². The summed E-state index contributed by atoms with van der Waals surface area (Å²) in [6.45, 7) is 0. The zero-order valence-corrected chi connectivity index (χ0v) is 10.9. The third-order valence-electron chi connectivity index (χ3n) is 2.33. The van der Waals surface area contributed by atoms with E-state index in [1.165, 1.54) is 0 Å². The molecule has 19 heavy (non-hydrogen) atoms. The summed E-state index contributed by atoms with van der Waals surface area (Å²) >= 11 is 5.12. The largest absolute Gasteiger partial charge is 0.508 e. The minimum atomic E-state index is 0.223. The lowest BCUT2D eigenvalue weighted by molar-refractivity contribution is -0.499. The Bertz CT molecular complexity index is 584. The number of anilines is 1. The van der Waals surface area contributed by atoms with E-state index in [1.54, 1.807) is 24.4 Å². The number of hydrazine groups is 1. The number of rotatable bonds is 3. The number of benzene rings is 2. The average Bonchev–Trinajstić information content (AvgIpc) is 2.40. The highest BCUT2D eigenvalue weighted by Gasteiger charge is 1.98. The SMILES string of the molecule is Oc1cccc(C=[NH+]NC(=S)Nc2ccccc2)c1. The number of phenolic OH excluding ortho intramolecular Hbond substituents is 1. The molecule has 0 heterocycles. The fraction of sp³-hybridized carbons (Fsp3) is 0. The van der Waals surface area contributed by atoms with Crippen molar-refractivity contribution in [2.45, 2.75) is 0 Å². The third-order valence-corrected chi connectivity index (χ3v) is 2.53. The lowest BCUT2D eigenvalue weighted by Gasteiger charge is -2.03. The van der Waals surface area contributed by atoms with Crippen LogP contribution < -0.4 is 15.8 Å². The van der Waals surface area contributed by atoms with E-state index in [9.17, 15) is 5.11 Å². The molecule has 0 fully saturated rings. The summed E-state index contributed by atoms with van der Waals surface area (Å²) in [6.07, 6.45) is 1.71. The van der Waals surface area contributed by atoms with Gasteiger partial charge in [0, 0.05) is 11.3 Å². The number of aromatic hydroxyl groups is 1. The Kier molecular flexibility index (Phi) is 4.47. The molecule has 0 saturated carbocycles. The summed E-state index contributed by atoms with van der Waals surface area (Å²) in [5.41, 5.74) is 4.59. The summed E-state index contributed by atoms with van der Waals surface area (Å²) in [7, 11) is 0. The maximum Gasteiger partial charge on any atom is 0.228 e. The van der Waals surface area contributed by atoms with Gasteiger partial charge in [-0.2, -0.15) is 0 Å². The van der Waals surface area contributed by atoms with Crippen LogP contribution in [0.1, 0.15) is 5.56 Å². The minimum Gasteiger partial charge on any atom is -0.508 e. The lowest BCUT2D eigenvalue weighted by atomic mass is 10.2. The Morgan fingerprint density at radius 2 is 1.89 bits per heavy atom. The molecule has 96 valence electrons. The molecule has 0 bridgehead atoms. The molecule has 0 aliphatic carbocycles. The van der Waals surface area contributed by atoms with Crippen LogP contribution >= 0.6 is 12.2 Å². The number of nitrogens with one attached hydrogen (secondary N) is 3. The molecular formula is C14H14N3OS+. The molecule has 4 nitrogen and oxygen atoms in total. The Labute approximate surface area is 116 Å². The molecule has 0 radical (unpaired) electrons. The number of para-hydroxylation sites is 1. The first-order chi connectivity index (χ1) is 9.24. The molecule has 0 unspecified atom stereocenters. The third kappa shape index (κ3) is 4.40. The highest BCUT2D eigenvalue weighted by atomic mass is 32.1. The van der Waals surface area contributed by atoms with Gasteiger partial charge in [0.15, 0.2) is 6.21 Å². The molecular weight excluding hydrogens is 258 g/mol.